The summed E-state index contributed by atoms with van der Waals surface area (Å²) in [6.45, 7) is 0.240. The number of nitrogens with two attached hydrogens (primary N) is 1. The molecule has 0 saturated heterocycles. The van der Waals surface area contributed by atoms with Crippen molar-refractivity contribution >= 4 is 0 Å². The third-order valence-corrected chi connectivity index (χ3v) is 2.61. The second-order valence-electron chi connectivity index (χ2n) is 3.86. The highest BCUT2D eigenvalue weighted by Crippen LogP contribution is 2.25. The molecule has 0 heterocycles. The summed E-state index contributed by atoms with van der Waals surface area (Å²) >= 11 is 0. The van der Waals surface area contributed by atoms with Crippen LogP contribution in [0.4, 0.5) is 8.78 Å². The second-order valence-corrected chi connectivity index (χ2v) is 3.86. The number of hydrogen-bond donors (Lipinski definition) is 1. The summed E-state index contributed by atoms with van der Waals surface area (Å²) < 4.78 is 27.1. The zero-order valence-corrected chi connectivity index (χ0v) is 9.45. The first kappa shape index (κ1) is 12.2. The zero-order chi connectivity index (χ0) is 13.1. The van der Waals surface area contributed by atoms with Crippen molar-refractivity contribution < 1.29 is 8.78 Å². The maximum Gasteiger partial charge on any atom is 0.131 e. The van der Waals surface area contributed by atoms with E-state index in [1.54, 1.807) is 6.07 Å². The molecule has 0 radical (unpaired) electrons. The van der Waals surface area contributed by atoms with Crippen LogP contribution in [0.2, 0.25) is 0 Å². The van der Waals surface area contributed by atoms with Crippen LogP contribution in [0, 0.1) is 23.0 Å². The van der Waals surface area contributed by atoms with Crippen LogP contribution in [-0.4, -0.2) is 0 Å². The van der Waals surface area contributed by atoms with E-state index in [2.05, 4.69) is 0 Å². The van der Waals surface area contributed by atoms with Crippen molar-refractivity contribution in [3.8, 4) is 17.2 Å². The molecule has 18 heavy (non-hydrogen) atoms. The predicted octanol–water partition coefficient (Wildman–Crippen LogP) is 2.96. The summed E-state index contributed by atoms with van der Waals surface area (Å²) in [4.78, 5) is 0. The van der Waals surface area contributed by atoms with Crippen LogP contribution in [-0.2, 0) is 6.54 Å². The molecule has 0 saturated carbocycles. The van der Waals surface area contributed by atoms with E-state index >= 15 is 0 Å². The number of hydrogen-bond acceptors (Lipinski definition) is 2. The second kappa shape index (κ2) is 4.94. The first-order valence-corrected chi connectivity index (χ1v) is 5.33. The van der Waals surface area contributed by atoms with Gasteiger partial charge in [-0.1, -0.05) is 12.1 Å². The summed E-state index contributed by atoms with van der Waals surface area (Å²) in [6, 6.07) is 10.1. The van der Waals surface area contributed by atoms with E-state index in [0.29, 0.717) is 11.1 Å². The van der Waals surface area contributed by atoms with Gasteiger partial charge in [-0.05, 0) is 35.4 Å². The number of rotatable bonds is 2. The SMILES string of the molecule is N#Cc1cc(F)cc(-c2ccc(CN)cc2F)c1. The molecule has 2 aromatic rings. The van der Waals surface area contributed by atoms with Gasteiger partial charge in [-0.3, -0.25) is 0 Å². The molecule has 0 atom stereocenters. The summed E-state index contributed by atoms with van der Waals surface area (Å²) in [6.07, 6.45) is 0. The van der Waals surface area contributed by atoms with Gasteiger partial charge in [0.1, 0.15) is 11.6 Å². The fraction of sp³-hybridized carbons (Fsp3) is 0.0714. The maximum atomic E-state index is 13.8. The Morgan fingerprint density at radius 1 is 1.11 bits per heavy atom. The van der Waals surface area contributed by atoms with Gasteiger partial charge in [-0.15, -0.1) is 0 Å². The lowest BCUT2D eigenvalue weighted by atomic mass is 10.0. The summed E-state index contributed by atoms with van der Waals surface area (Å²) in [5.74, 6) is -1.04. The molecule has 2 aromatic carbocycles. The average Bonchev–Trinajstić information content (AvgIpc) is 2.37. The van der Waals surface area contributed by atoms with E-state index in [4.69, 9.17) is 11.0 Å². The number of nitriles is 1. The molecule has 2 rings (SSSR count). The third kappa shape index (κ3) is 2.36. The Balaban J connectivity index is 2.55. The monoisotopic (exact) mass is 244 g/mol. The topological polar surface area (TPSA) is 49.8 Å². The van der Waals surface area contributed by atoms with Crippen molar-refractivity contribution in [1.82, 2.24) is 0 Å². The van der Waals surface area contributed by atoms with Crippen LogP contribution in [0.3, 0.4) is 0 Å². The normalized spacial score (nSPS) is 10.1. The summed E-state index contributed by atoms with van der Waals surface area (Å²) in [5.41, 5.74) is 6.82. The van der Waals surface area contributed by atoms with Crippen LogP contribution >= 0.6 is 0 Å². The Morgan fingerprint density at radius 3 is 2.50 bits per heavy atom. The molecule has 0 aliphatic carbocycles. The van der Waals surface area contributed by atoms with Gasteiger partial charge in [0.15, 0.2) is 0 Å². The van der Waals surface area contributed by atoms with E-state index in [1.807, 2.05) is 6.07 Å². The predicted molar refractivity (Wildman–Crippen MR) is 64.4 cm³/mol. The van der Waals surface area contributed by atoms with Gasteiger partial charge in [0.25, 0.3) is 0 Å². The van der Waals surface area contributed by atoms with Gasteiger partial charge < -0.3 is 5.73 Å². The Kier molecular flexibility index (Phi) is 3.35. The van der Waals surface area contributed by atoms with E-state index in [9.17, 15) is 8.78 Å². The summed E-state index contributed by atoms with van der Waals surface area (Å²) in [5, 5.41) is 8.76. The molecule has 0 aliphatic rings. The van der Waals surface area contributed by atoms with Crippen LogP contribution in [0.15, 0.2) is 36.4 Å². The van der Waals surface area contributed by atoms with Gasteiger partial charge in [0.2, 0.25) is 0 Å². The van der Waals surface area contributed by atoms with Crippen LogP contribution < -0.4 is 5.73 Å². The van der Waals surface area contributed by atoms with Gasteiger partial charge in [0.05, 0.1) is 11.6 Å². The van der Waals surface area contributed by atoms with Crippen molar-refractivity contribution in [2.75, 3.05) is 0 Å². The molecule has 0 aromatic heterocycles. The highest BCUT2D eigenvalue weighted by molar-refractivity contribution is 5.66. The minimum absolute atomic E-state index is 0.160. The van der Waals surface area contributed by atoms with Crippen LogP contribution in [0.1, 0.15) is 11.1 Å². The van der Waals surface area contributed by atoms with E-state index in [1.165, 1.54) is 24.3 Å². The third-order valence-electron chi connectivity index (χ3n) is 2.61. The van der Waals surface area contributed by atoms with E-state index in [0.717, 1.165) is 6.07 Å². The molecule has 4 heteroatoms. The molecule has 0 bridgehead atoms. The molecule has 0 spiro atoms. The van der Waals surface area contributed by atoms with Gasteiger partial charge in [0, 0.05) is 12.1 Å². The minimum Gasteiger partial charge on any atom is -0.326 e. The number of nitrogens with zero attached hydrogens (tertiary/aromatic N) is 1. The van der Waals surface area contributed by atoms with Crippen LogP contribution in [0.25, 0.3) is 11.1 Å². The minimum atomic E-state index is -0.564. The molecule has 90 valence electrons. The Morgan fingerprint density at radius 2 is 1.89 bits per heavy atom. The zero-order valence-electron chi connectivity index (χ0n) is 9.45. The molecular weight excluding hydrogens is 234 g/mol. The number of benzene rings is 2. The van der Waals surface area contributed by atoms with Crippen molar-refractivity contribution in [3.63, 3.8) is 0 Å². The van der Waals surface area contributed by atoms with Crippen LogP contribution in [0.5, 0.6) is 0 Å². The average molecular weight is 244 g/mol. The summed E-state index contributed by atoms with van der Waals surface area (Å²) in [7, 11) is 0. The first-order chi connectivity index (χ1) is 8.63. The van der Waals surface area contributed by atoms with E-state index < -0.39 is 11.6 Å². The van der Waals surface area contributed by atoms with Crippen molar-refractivity contribution in [2.24, 2.45) is 5.73 Å². The Hall–Kier alpha value is -2.25. The lowest BCUT2D eigenvalue weighted by Crippen LogP contribution is -1.97. The number of halogens is 2. The van der Waals surface area contributed by atoms with Gasteiger partial charge >= 0.3 is 0 Å². The molecule has 0 fully saturated rings. The lowest BCUT2D eigenvalue weighted by Gasteiger charge is -2.06. The van der Waals surface area contributed by atoms with Crippen molar-refractivity contribution in [2.45, 2.75) is 6.54 Å². The standard InChI is InChI=1S/C14H10F2N2/c15-12-4-10(8-18)3-11(6-12)13-2-1-9(7-17)5-14(13)16/h1-6H,7,17H2. The Labute approximate surface area is 103 Å². The lowest BCUT2D eigenvalue weighted by molar-refractivity contribution is 0.623. The first-order valence-electron chi connectivity index (χ1n) is 5.33. The smallest absolute Gasteiger partial charge is 0.131 e. The molecule has 0 unspecified atom stereocenters. The fourth-order valence-corrected chi connectivity index (χ4v) is 1.73. The quantitative estimate of drug-likeness (QED) is 0.882. The highest BCUT2D eigenvalue weighted by atomic mass is 19.1. The molecule has 2 nitrogen and oxygen atoms in total. The van der Waals surface area contributed by atoms with Gasteiger partial charge in [-0.2, -0.15) is 5.26 Å². The van der Waals surface area contributed by atoms with Crippen molar-refractivity contribution in [1.29, 1.82) is 5.26 Å². The maximum absolute atomic E-state index is 13.8. The largest absolute Gasteiger partial charge is 0.326 e. The van der Waals surface area contributed by atoms with Gasteiger partial charge in [-0.25, -0.2) is 8.78 Å². The molecule has 0 amide bonds. The molecular formula is C14H10F2N2. The van der Waals surface area contributed by atoms with E-state index in [-0.39, 0.29) is 17.7 Å². The fourth-order valence-electron chi connectivity index (χ4n) is 1.73. The molecule has 0 aliphatic heterocycles. The molecule has 2 N–H and O–H groups in total. The Bertz CT molecular complexity index is 630. The van der Waals surface area contributed by atoms with Crippen molar-refractivity contribution in [3.05, 3.63) is 59.2 Å². The highest BCUT2D eigenvalue weighted by Gasteiger charge is 2.08.